The van der Waals surface area contributed by atoms with Crippen molar-refractivity contribution in [1.29, 1.82) is 0 Å². The van der Waals surface area contributed by atoms with Gasteiger partial charge >= 0.3 is 0 Å². The molecule has 0 aliphatic carbocycles. The normalized spacial score (nSPS) is 11.8. The maximum absolute atomic E-state index is 12.1. The Bertz CT molecular complexity index is 598. The number of halogens is 1. The van der Waals surface area contributed by atoms with Crippen LogP contribution in [0.15, 0.2) is 48.5 Å². The molecule has 0 heterocycles. The maximum atomic E-state index is 12.1. The molecule has 0 fully saturated rings. The number of nitrogens with one attached hydrogen (secondary N) is 2. The van der Waals surface area contributed by atoms with Crippen LogP contribution in [0.1, 0.15) is 28.9 Å². The van der Waals surface area contributed by atoms with Crippen molar-refractivity contribution in [2.75, 3.05) is 5.43 Å². The third-order valence-electron chi connectivity index (χ3n) is 3.03. The van der Waals surface area contributed by atoms with E-state index in [1.165, 1.54) is 0 Å². The number of hydrogen-bond donors (Lipinski definition) is 3. The molecular weight excluding hydrogens is 274 g/mol. The van der Waals surface area contributed by atoms with Crippen LogP contribution >= 0.6 is 11.6 Å². The molecule has 2 rings (SSSR count). The smallest absolute Gasteiger partial charge is 0.251 e. The van der Waals surface area contributed by atoms with Gasteiger partial charge in [0.05, 0.1) is 6.04 Å². The largest absolute Gasteiger partial charge is 0.345 e. The summed E-state index contributed by atoms with van der Waals surface area (Å²) in [6, 6.07) is 14.2. The highest BCUT2D eigenvalue weighted by atomic mass is 35.5. The Kier molecular flexibility index (Phi) is 4.61. The number of nitrogen functional groups attached to an aromatic ring is 1. The number of nitrogens with two attached hydrogens (primary N) is 1. The monoisotopic (exact) mass is 289 g/mol. The van der Waals surface area contributed by atoms with Crippen LogP contribution in [-0.2, 0) is 0 Å². The summed E-state index contributed by atoms with van der Waals surface area (Å²) in [6.45, 7) is 1.90. The van der Waals surface area contributed by atoms with Crippen LogP contribution in [0.25, 0.3) is 0 Å². The molecule has 0 radical (unpaired) electrons. The molecule has 1 amide bonds. The minimum absolute atomic E-state index is 0.152. The van der Waals surface area contributed by atoms with E-state index in [1.807, 2.05) is 25.1 Å². The number of anilines is 1. The molecule has 0 aromatic heterocycles. The Morgan fingerprint density at radius 3 is 2.40 bits per heavy atom. The van der Waals surface area contributed by atoms with E-state index in [2.05, 4.69) is 10.7 Å². The van der Waals surface area contributed by atoms with Gasteiger partial charge in [-0.1, -0.05) is 29.8 Å². The van der Waals surface area contributed by atoms with Crippen LogP contribution in [0.3, 0.4) is 0 Å². The first-order chi connectivity index (χ1) is 9.61. The molecule has 0 aliphatic rings. The molecule has 0 saturated carbocycles. The lowest BCUT2D eigenvalue weighted by Crippen LogP contribution is -2.26. The van der Waals surface area contributed by atoms with Crippen LogP contribution < -0.4 is 16.6 Å². The number of hydrazine groups is 1. The molecule has 5 heteroatoms. The van der Waals surface area contributed by atoms with Crippen LogP contribution in [-0.4, -0.2) is 5.91 Å². The Morgan fingerprint density at radius 1 is 1.15 bits per heavy atom. The summed E-state index contributed by atoms with van der Waals surface area (Å²) in [5.74, 6) is 5.13. The second-order valence-corrected chi connectivity index (χ2v) is 4.85. The van der Waals surface area contributed by atoms with Crippen molar-refractivity contribution in [3.05, 3.63) is 64.7 Å². The lowest BCUT2D eigenvalue weighted by atomic mass is 10.1. The summed E-state index contributed by atoms with van der Waals surface area (Å²) in [5, 5.41) is 3.56. The van der Waals surface area contributed by atoms with Crippen LogP contribution in [0.5, 0.6) is 0 Å². The fourth-order valence-electron chi connectivity index (χ4n) is 1.90. The Labute approximate surface area is 122 Å². The molecule has 0 aliphatic heterocycles. The SMILES string of the molecule is CC(NC(=O)c1ccc(NN)cc1)c1ccccc1Cl. The van der Waals surface area contributed by atoms with Gasteiger partial charge in [0.15, 0.2) is 0 Å². The number of benzene rings is 2. The molecule has 2 aromatic rings. The molecule has 4 nitrogen and oxygen atoms in total. The fourth-order valence-corrected chi connectivity index (χ4v) is 2.20. The van der Waals surface area contributed by atoms with Crippen molar-refractivity contribution in [2.24, 2.45) is 5.84 Å². The van der Waals surface area contributed by atoms with E-state index >= 15 is 0 Å². The number of carbonyl (C=O) groups excluding carboxylic acids is 1. The first-order valence-corrected chi connectivity index (χ1v) is 6.61. The molecule has 4 N–H and O–H groups in total. The minimum Gasteiger partial charge on any atom is -0.345 e. The standard InChI is InChI=1S/C15H16ClN3O/c1-10(13-4-2-3-5-14(13)16)18-15(20)11-6-8-12(19-17)9-7-11/h2-10,19H,17H2,1H3,(H,18,20). The summed E-state index contributed by atoms with van der Waals surface area (Å²) in [7, 11) is 0. The molecule has 1 atom stereocenters. The van der Waals surface area contributed by atoms with Crippen molar-refractivity contribution < 1.29 is 4.79 Å². The second kappa shape index (κ2) is 6.41. The van der Waals surface area contributed by atoms with E-state index in [0.29, 0.717) is 10.6 Å². The quantitative estimate of drug-likeness (QED) is 0.598. The highest BCUT2D eigenvalue weighted by Gasteiger charge is 2.13. The summed E-state index contributed by atoms with van der Waals surface area (Å²) in [6.07, 6.45) is 0. The fraction of sp³-hybridized carbons (Fsp3) is 0.133. The number of carbonyl (C=O) groups is 1. The molecule has 0 saturated heterocycles. The predicted octanol–water partition coefficient (Wildman–Crippen LogP) is 3.12. The topological polar surface area (TPSA) is 67.2 Å². The van der Waals surface area contributed by atoms with Gasteiger partial charge in [0.2, 0.25) is 0 Å². The second-order valence-electron chi connectivity index (χ2n) is 4.44. The zero-order valence-electron chi connectivity index (χ0n) is 11.1. The Morgan fingerprint density at radius 2 is 1.80 bits per heavy atom. The molecular formula is C15H16ClN3O. The van der Waals surface area contributed by atoms with Crippen molar-refractivity contribution in [1.82, 2.24) is 5.32 Å². The van der Waals surface area contributed by atoms with E-state index in [0.717, 1.165) is 11.3 Å². The van der Waals surface area contributed by atoms with Gasteiger partial charge < -0.3 is 10.7 Å². The van der Waals surface area contributed by atoms with Crippen molar-refractivity contribution >= 4 is 23.2 Å². The van der Waals surface area contributed by atoms with E-state index < -0.39 is 0 Å². The van der Waals surface area contributed by atoms with Gasteiger partial charge in [-0.25, -0.2) is 0 Å². The van der Waals surface area contributed by atoms with E-state index in [1.54, 1.807) is 30.3 Å². The molecule has 0 bridgehead atoms. The average molecular weight is 290 g/mol. The van der Waals surface area contributed by atoms with Gasteiger partial charge in [0.1, 0.15) is 0 Å². The molecule has 1 unspecified atom stereocenters. The van der Waals surface area contributed by atoms with Gasteiger partial charge in [0, 0.05) is 16.3 Å². The van der Waals surface area contributed by atoms with Gasteiger partial charge in [-0.2, -0.15) is 0 Å². The lowest BCUT2D eigenvalue weighted by Gasteiger charge is -2.15. The number of amides is 1. The average Bonchev–Trinajstić information content (AvgIpc) is 2.47. The van der Waals surface area contributed by atoms with Gasteiger partial charge in [-0.15, -0.1) is 0 Å². The van der Waals surface area contributed by atoms with Crippen LogP contribution in [0.4, 0.5) is 5.69 Å². The predicted molar refractivity (Wildman–Crippen MR) is 81.6 cm³/mol. The van der Waals surface area contributed by atoms with Crippen molar-refractivity contribution in [3.63, 3.8) is 0 Å². The zero-order chi connectivity index (χ0) is 14.5. The lowest BCUT2D eigenvalue weighted by molar-refractivity contribution is 0.0940. The summed E-state index contributed by atoms with van der Waals surface area (Å²) in [5.41, 5.74) is 4.73. The Hall–Kier alpha value is -2.04. The third-order valence-corrected chi connectivity index (χ3v) is 3.38. The van der Waals surface area contributed by atoms with Gasteiger partial charge in [-0.05, 0) is 42.8 Å². The molecule has 0 spiro atoms. The van der Waals surface area contributed by atoms with Crippen LogP contribution in [0, 0.1) is 0 Å². The molecule has 20 heavy (non-hydrogen) atoms. The summed E-state index contributed by atoms with van der Waals surface area (Å²) >= 11 is 6.11. The number of rotatable bonds is 4. The van der Waals surface area contributed by atoms with E-state index in [-0.39, 0.29) is 11.9 Å². The first-order valence-electron chi connectivity index (χ1n) is 6.24. The number of hydrogen-bond acceptors (Lipinski definition) is 3. The highest BCUT2D eigenvalue weighted by molar-refractivity contribution is 6.31. The zero-order valence-corrected chi connectivity index (χ0v) is 11.8. The Balaban J connectivity index is 2.09. The highest BCUT2D eigenvalue weighted by Crippen LogP contribution is 2.22. The van der Waals surface area contributed by atoms with Crippen molar-refractivity contribution in [2.45, 2.75) is 13.0 Å². The van der Waals surface area contributed by atoms with Gasteiger partial charge in [-0.3, -0.25) is 10.6 Å². The van der Waals surface area contributed by atoms with E-state index in [9.17, 15) is 4.79 Å². The van der Waals surface area contributed by atoms with E-state index in [4.69, 9.17) is 17.4 Å². The van der Waals surface area contributed by atoms with Crippen LogP contribution in [0.2, 0.25) is 5.02 Å². The molecule has 2 aromatic carbocycles. The van der Waals surface area contributed by atoms with Crippen molar-refractivity contribution in [3.8, 4) is 0 Å². The molecule has 104 valence electrons. The summed E-state index contributed by atoms with van der Waals surface area (Å²) in [4.78, 5) is 12.1. The third kappa shape index (κ3) is 3.29. The maximum Gasteiger partial charge on any atom is 0.251 e. The minimum atomic E-state index is -0.163. The summed E-state index contributed by atoms with van der Waals surface area (Å²) < 4.78 is 0. The first kappa shape index (κ1) is 14.4. The van der Waals surface area contributed by atoms with Gasteiger partial charge in [0.25, 0.3) is 5.91 Å².